The fraction of sp³-hybridized carbons (Fsp3) is 0.917. The zero-order chi connectivity index (χ0) is 49.1. The molecule has 3 aliphatic heterocycles. The summed E-state index contributed by atoms with van der Waals surface area (Å²) in [6.07, 6.45) is -17.3. The average Bonchev–Trinajstić information content (AvgIpc) is 3.27. The van der Waals surface area contributed by atoms with Crippen molar-refractivity contribution in [2.45, 2.75) is 211 Å². The molecule has 3 saturated heterocycles. The molecule has 0 spiro atoms. The minimum Gasteiger partial charge on any atom is -0.481 e. The molecule has 0 amide bonds. The van der Waals surface area contributed by atoms with E-state index in [1.807, 2.05) is 0 Å². The van der Waals surface area contributed by atoms with Crippen molar-refractivity contribution < 1.29 is 94.2 Å². The Bertz CT molecular complexity index is 1880. The number of aliphatic carboxylic acids is 1. The van der Waals surface area contributed by atoms with E-state index in [9.17, 15) is 65.8 Å². The van der Waals surface area contributed by atoms with Crippen molar-refractivity contribution in [2.75, 3.05) is 13.2 Å². The van der Waals surface area contributed by atoms with Gasteiger partial charge in [-0.2, -0.15) is 0 Å². The minimum atomic E-state index is -1.92. The molecular weight excluding hydrogens is 881 g/mol. The molecule has 19 nitrogen and oxygen atoms in total. The highest BCUT2D eigenvalue weighted by atomic mass is 16.8. The van der Waals surface area contributed by atoms with E-state index in [4.69, 9.17) is 28.4 Å². The van der Waals surface area contributed by atoms with Gasteiger partial charge >= 0.3 is 11.9 Å². The smallest absolute Gasteiger partial charge is 0.315 e. The van der Waals surface area contributed by atoms with Crippen LogP contribution in [0.25, 0.3) is 0 Å². The van der Waals surface area contributed by atoms with E-state index in [-0.39, 0.29) is 47.5 Å². The minimum absolute atomic E-state index is 0.0446. The third-order valence-electron chi connectivity index (χ3n) is 19.5. The Labute approximate surface area is 391 Å². The summed E-state index contributed by atoms with van der Waals surface area (Å²) in [5.74, 6) is -1.62. The van der Waals surface area contributed by atoms with Gasteiger partial charge in [-0.1, -0.05) is 46.3 Å². The molecule has 67 heavy (non-hydrogen) atoms. The lowest BCUT2D eigenvalue weighted by Gasteiger charge is -2.71. The van der Waals surface area contributed by atoms with Crippen LogP contribution in [0.1, 0.15) is 113 Å². The second-order valence-corrected chi connectivity index (χ2v) is 23.2. The summed E-state index contributed by atoms with van der Waals surface area (Å²) in [6, 6.07) is 0. The van der Waals surface area contributed by atoms with Crippen molar-refractivity contribution in [3.63, 3.8) is 0 Å². The predicted octanol–water partition coefficient (Wildman–Crippen LogP) is 0.233. The van der Waals surface area contributed by atoms with Gasteiger partial charge in [-0.3, -0.25) is 9.59 Å². The van der Waals surface area contributed by atoms with Crippen molar-refractivity contribution in [1.82, 2.24) is 0 Å². The molecule has 3 heterocycles. The maximum absolute atomic E-state index is 15.0. The molecule has 11 N–H and O–H groups in total. The summed E-state index contributed by atoms with van der Waals surface area (Å²) >= 11 is 0. The van der Waals surface area contributed by atoms with Crippen molar-refractivity contribution in [3.05, 3.63) is 11.6 Å². The number of carbonyl (C=O) groups excluding carboxylic acids is 1. The first kappa shape index (κ1) is 51.4. The van der Waals surface area contributed by atoms with Gasteiger partial charge in [0.1, 0.15) is 67.1 Å². The van der Waals surface area contributed by atoms with Crippen LogP contribution in [0.3, 0.4) is 0 Å². The Morgan fingerprint density at radius 1 is 0.687 bits per heavy atom. The van der Waals surface area contributed by atoms with Gasteiger partial charge in [0.05, 0.1) is 36.3 Å². The third kappa shape index (κ3) is 7.97. The van der Waals surface area contributed by atoms with E-state index >= 15 is 0 Å². The number of hydrogen-bond donors (Lipinski definition) is 11. The molecule has 8 aliphatic rings. The number of carbonyl (C=O) groups is 2. The van der Waals surface area contributed by atoms with Crippen molar-refractivity contribution in [3.8, 4) is 0 Å². The van der Waals surface area contributed by atoms with Gasteiger partial charge in [0, 0.05) is 0 Å². The molecule has 0 aromatic rings. The van der Waals surface area contributed by atoms with Crippen molar-refractivity contribution in [2.24, 2.45) is 50.2 Å². The maximum Gasteiger partial charge on any atom is 0.315 e. The lowest BCUT2D eigenvalue weighted by Crippen LogP contribution is -2.66. The first-order valence-corrected chi connectivity index (χ1v) is 24.3. The third-order valence-corrected chi connectivity index (χ3v) is 19.5. The van der Waals surface area contributed by atoms with Crippen molar-refractivity contribution >= 4 is 11.9 Å². The topological polar surface area (TPSA) is 312 Å². The van der Waals surface area contributed by atoms with Crippen LogP contribution in [-0.2, 0) is 38.0 Å². The molecule has 7 fully saturated rings. The lowest BCUT2D eigenvalue weighted by atomic mass is 9.33. The van der Waals surface area contributed by atoms with E-state index in [0.717, 1.165) is 37.7 Å². The molecule has 0 radical (unpaired) electrons. The van der Waals surface area contributed by atoms with Crippen LogP contribution in [0, 0.1) is 50.2 Å². The summed E-state index contributed by atoms with van der Waals surface area (Å²) in [5.41, 5.74) is -2.19. The molecule has 24 atom stereocenters. The number of carboxylic acids is 1. The Kier molecular flexibility index (Phi) is 13.8. The highest BCUT2D eigenvalue weighted by molar-refractivity contribution is 5.81. The van der Waals surface area contributed by atoms with Crippen LogP contribution in [0.15, 0.2) is 11.6 Å². The second-order valence-electron chi connectivity index (χ2n) is 23.2. The van der Waals surface area contributed by atoms with Crippen LogP contribution in [0.4, 0.5) is 0 Å². The second kappa shape index (κ2) is 18.0. The number of hydrogen-bond acceptors (Lipinski definition) is 18. The zero-order valence-electron chi connectivity index (χ0n) is 39.7. The Morgan fingerprint density at radius 3 is 2.00 bits per heavy atom. The highest BCUT2D eigenvalue weighted by Gasteiger charge is 2.70. The Hall–Kier alpha value is -1.92. The van der Waals surface area contributed by atoms with Gasteiger partial charge in [-0.05, 0) is 117 Å². The van der Waals surface area contributed by atoms with Gasteiger partial charge in [0.25, 0.3) is 0 Å². The summed E-state index contributed by atoms with van der Waals surface area (Å²) in [6.45, 7) is 13.1. The van der Waals surface area contributed by atoms with Crippen LogP contribution in [0.5, 0.6) is 0 Å². The number of fused-ring (bicyclic) bond motifs is 7. The number of esters is 1. The first-order chi connectivity index (χ1) is 31.2. The molecule has 382 valence electrons. The standard InChI is InChI=1S/C48H76O19/c1-21-29(51)32(54)34(56)39(63-21)66-37-31(53)24(19-49)64-38(36(37)58)62-20-25-30(52)33(55)35(57)40(65-25)67-42(61)48-16-14-44(4,41(59)60)18-23(48)22-8-9-27-45(5)12-11-28(50)43(2,3)26(45)10-13-47(27,7)46(22,6)15-17-48/h8,21,23-40,49-58H,9-20H2,1-7H3,(H,59,60). The van der Waals surface area contributed by atoms with Gasteiger partial charge in [-0.25, -0.2) is 0 Å². The predicted molar refractivity (Wildman–Crippen MR) is 231 cm³/mol. The molecular formula is C48H76O19. The lowest BCUT2D eigenvalue weighted by molar-refractivity contribution is -0.362. The molecule has 24 unspecified atom stereocenters. The summed E-state index contributed by atoms with van der Waals surface area (Å²) < 4.78 is 34.6. The molecule has 19 heteroatoms. The number of carboxylic acid groups (broad SMARTS) is 1. The Balaban J connectivity index is 1.01. The molecule has 8 rings (SSSR count). The molecule has 0 aromatic carbocycles. The van der Waals surface area contributed by atoms with Crippen LogP contribution < -0.4 is 0 Å². The number of rotatable bonds is 9. The SMILES string of the molecule is CC1OC(OC2C(O)C(CO)OC(OCC3OC(OC(=O)C45CCC(C)(C(=O)O)CC4C4=CCC6C7(C)CCC(O)C(C)(C)C7CCC6(C)C4(C)CC5)C(O)C(O)C3O)C2O)C(O)C(O)C1O. The average molecular weight is 957 g/mol. The number of ether oxygens (including phenoxy) is 6. The number of aliphatic hydroxyl groups excluding tert-OH is 10. The molecule has 0 aromatic heterocycles. The first-order valence-electron chi connectivity index (χ1n) is 24.3. The van der Waals surface area contributed by atoms with E-state index in [0.29, 0.717) is 18.8 Å². The highest BCUT2D eigenvalue weighted by Crippen LogP contribution is 2.76. The molecule has 5 aliphatic carbocycles. The van der Waals surface area contributed by atoms with Crippen LogP contribution in [-0.4, -0.2) is 180 Å². The van der Waals surface area contributed by atoms with Crippen molar-refractivity contribution in [1.29, 1.82) is 0 Å². The van der Waals surface area contributed by atoms with E-state index < -0.39 is 139 Å². The van der Waals surface area contributed by atoms with Crippen LogP contribution in [0.2, 0.25) is 0 Å². The Morgan fingerprint density at radius 2 is 1.33 bits per heavy atom. The van der Waals surface area contributed by atoms with E-state index in [1.165, 1.54) is 6.92 Å². The largest absolute Gasteiger partial charge is 0.481 e. The zero-order valence-corrected chi connectivity index (χ0v) is 39.7. The van der Waals surface area contributed by atoms with E-state index in [2.05, 4.69) is 40.7 Å². The fourth-order valence-electron chi connectivity index (χ4n) is 14.8. The monoisotopic (exact) mass is 956 g/mol. The number of aliphatic hydroxyl groups is 10. The van der Waals surface area contributed by atoms with Gasteiger partial charge in [0.2, 0.25) is 6.29 Å². The molecule has 0 bridgehead atoms. The quantitative estimate of drug-likeness (QED) is 0.109. The summed E-state index contributed by atoms with van der Waals surface area (Å²) in [5, 5.41) is 118. The van der Waals surface area contributed by atoms with Gasteiger partial charge in [-0.15, -0.1) is 0 Å². The van der Waals surface area contributed by atoms with Gasteiger partial charge < -0.3 is 84.6 Å². The summed E-state index contributed by atoms with van der Waals surface area (Å²) in [7, 11) is 0. The van der Waals surface area contributed by atoms with Gasteiger partial charge in [0.15, 0.2) is 12.6 Å². The van der Waals surface area contributed by atoms with Crippen LogP contribution >= 0.6 is 0 Å². The normalized spacial score (nSPS) is 54.0. The maximum atomic E-state index is 15.0. The summed E-state index contributed by atoms with van der Waals surface area (Å²) in [4.78, 5) is 27.9. The fourth-order valence-corrected chi connectivity index (χ4v) is 14.8. The van der Waals surface area contributed by atoms with E-state index in [1.54, 1.807) is 6.92 Å². The molecule has 4 saturated carbocycles. The number of allylic oxidation sites excluding steroid dienone is 2.